The molecule has 0 saturated heterocycles. The van der Waals surface area contributed by atoms with E-state index in [1.807, 2.05) is 11.4 Å². The zero-order valence-electron chi connectivity index (χ0n) is 10.5. The molecular formula is C13H13F3N2S2. The number of alkyl halides is 3. The highest BCUT2D eigenvalue weighted by atomic mass is 32.2. The quantitative estimate of drug-likeness (QED) is 0.642. The Balaban J connectivity index is 1.69. The van der Waals surface area contributed by atoms with Gasteiger partial charge in [0, 0.05) is 29.9 Å². The molecule has 0 amide bonds. The molecule has 0 fully saturated rings. The van der Waals surface area contributed by atoms with E-state index in [0.717, 1.165) is 31.1 Å². The van der Waals surface area contributed by atoms with Crippen LogP contribution in [0.5, 0.6) is 0 Å². The first-order valence-electron chi connectivity index (χ1n) is 5.95. The summed E-state index contributed by atoms with van der Waals surface area (Å²) < 4.78 is 37.1. The van der Waals surface area contributed by atoms with E-state index in [9.17, 15) is 13.2 Å². The zero-order chi connectivity index (χ0) is 14.4. The second-order valence-corrected chi connectivity index (χ2v) is 6.13. The van der Waals surface area contributed by atoms with Crippen LogP contribution in [0.4, 0.5) is 13.2 Å². The minimum atomic E-state index is -4.32. The molecule has 2 aromatic heterocycles. The minimum Gasteiger partial charge on any atom is -0.311 e. The van der Waals surface area contributed by atoms with Crippen LogP contribution >= 0.6 is 23.1 Å². The van der Waals surface area contributed by atoms with Gasteiger partial charge in [-0.1, -0.05) is 6.07 Å². The van der Waals surface area contributed by atoms with Crippen LogP contribution in [0.15, 0.2) is 40.9 Å². The lowest BCUT2D eigenvalue weighted by Crippen LogP contribution is -2.15. The van der Waals surface area contributed by atoms with Crippen molar-refractivity contribution in [3.8, 4) is 0 Å². The first-order valence-corrected chi connectivity index (χ1v) is 7.81. The second-order valence-electron chi connectivity index (χ2n) is 3.99. The van der Waals surface area contributed by atoms with Gasteiger partial charge in [0.2, 0.25) is 0 Å². The fourth-order valence-electron chi connectivity index (χ4n) is 1.49. The van der Waals surface area contributed by atoms with Gasteiger partial charge >= 0.3 is 6.18 Å². The molecular weight excluding hydrogens is 305 g/mol. The Kier molecular flexibility index (Phi) is 5.45. The molecule has 2 aromatic rings. The molecule has 20 heavy (non-hydrogen) atoms. The minimum absolute atomic E-state index is 0.607. The zero-order valence-corrected chi connectivity index (χ0v) is 12.1. The highest BCUT2D eigenvalue weighted by molar-refractivity contribution is 7.99. The fraction of sp³-hybridized carbons (Fsp3) is 0.308. The van der Waals surface area contributed by atoms with Crippen LogP contribution in [0, 0.1) is 0 Å². The monoisotopic (exact) mass is 318 g/mol. The Hall–Kier alpha value is -1.05. The van der Waals surface area contributed by atoms with E-state index in [-0.39, 0.29) is 0 Å². The summed E-state index contributed by atoms with van der Waals surface area (Å²) in [5, 5.41) is 5.91. The third kappa shape index (κ3) is 4.81. The normalized spacial score (nSPS) is 11.8. The third-order valence-electron chi connectivity index (χ3n) is 2.47. The second kappa shape index (κ2) is 7.10. The van der Waals surface area contributed by atoms with Gasteiger partial charge in [-0.2, -0.15) is 13.2 Å². The first kappa shape index (κ1) is 15.3. The predicted octanol–water partition coefficient (Wildman–Crippen LogP) is 4.04. The van der Waals surface area contributed by atoms with Crippen molar-refractivity contribution in [3.63, 3.8) is 0 Å². The van der Waals surface area contributed by atoms with Crippen molar-refractivity contribution in [3.05, 3.63) is 46.3 Å². The largest absolute Gasteiger partial charge is 0.417 e. The van der Waals surface area contributed by atoms with Crippen molar-refractivity contribution < 1.29 is 13.2 Å². The topological polar surface area (TPSA) is 24.9 Å². The van der Waals surface area contributed by atoms with Gasteiger partial charge in [-0.15, -0.1) is 23.1 Å². The van der Waals surface area contributed by atoms with Gasteiger partial charge in [0.15, 0.2) is 0 Å². The van der Waals surface area contributed by atoms with Crippen LogP contribution in [-0.4, -0.2) is 17.3 Å². The summed E-state index contributed by atoms with van der Waals surface area (Å²) in [4.78, 5) is 5.08. The number of thioether (sulfide) groups is 1. The van der Waals surface area contributed by atoms with Gasteiger partial charge in [0.05, 0.1) is 10.6 Å². The predicted molar refractivity (Wildman–Crippen MR) is 76.0 cm³/mol. The maximum Gasteiger partial charge on any atom is 0.417 e. The Morgan fingerprint density at radius 3 is 2.70 bits per heavy atom. The van der Waals surface area contributed by atoms with Crippen molar-refractivity contribution in [2.75, 3.05) is 12.3 Å². The average Bonchev–Trinajstić information content (AvgIpc) is 2.91. The van der Waals surface area contributed by atoms with E-state index in [0.29, 0.717) is 5.03 Å². The van der Waals surface area contributed by atoms with Gasteiger partial charge in [0.1, 0.15) is 0 Å². The molecule has 108 valence electrons. The van der Waals surface area contributed by atoms with Crippen molar-refractivity contribution >= 4 is 23.1 Å². The van der Waals surface area contributed by atoms with Gasteiger partial charge in [0.25, 0.3) is 0 Å². The van der Waals surface area contributed by atoms with Crippen molar-refractivity contribution in [1.29, 1.82) is 0 Å². The lowest BCUT2D eigenvalue weighted by atomic mass is 10.3. The highest BCUT2D eigenvalue weighted by Crippen LogP contribution is 2.29. The number of nitrogens with zero attached hydrogens (tertiary/aromatic N) is 1. The highest BCUT2D eigenvalue weighted by Gasteiger charge is 2.30. The Morgan fingerprint density at radius 1 is 1.25 bits per heavy atom. The van der Waals surface area contributed by atoms with E-state index in [1.165, 1.54) is 22.7 Å². The molecule has 0 bridgehead atoms. The fourth-order valence-corrected chi connectivity index (χ4v) is 2.91. The Bertz CT molecular complexity index is 509. The molecule has 2 nitrogen and oxygen atoms in total. The molecule has 0 saturated carbocycles. The Morgan fingerprint density at radius 2 is 2.10 bits per heavy atom. The van der Waals surface area contributed by atoms with E-state index >= 15 is 0 Å². The van der Waals surface area contributed by atoms with Gasteiger partial charge in [-0.25, -0.2) is 4.98 Å². The van der Waals surface area contributed by atoms with Gasteiger partial charge < -0.3 is 5.32 Å². The maximum absolute atomic E-state index is 12.4. The van der Waals surface area contributed by atoms with Crippen LogP contribution in [-0.2, 0) is 12.7 Å². The first-order chi connectivity index (χ1) is 9.55. The maximum atomic E-state index is 12.4. The third-order valence-corrected chi connectivity index (χ3v) is 4.29. The molecule has 0 aromatic carbocycles. The van der Waals surface area contributed by atoms with E-state index in [4.69, 9.17) is 0 Å². The van der Waals surface area contributed by atoms with Crippen LogP contribution in [0.2, 0.25) is 0 Å². The molecule has 2 heterocycles. The molecule has 0 radical (unpaired) electrons. The molecule has 0 aliphatic carbocycles. The molecule has 0 aliphatic heterocycles. The number of aromatic nitrogens is 1. The molecule has 1 N–H and O–H groups in total. The summed E-state index contributed by atoms with van der Waals surface area (Å²) in [7, 11) is 0. The molecule has 2 rings (SSSR count). The van der Waals surface area contributed by atoms with Gasteiger partial charge in [-0.3, -0.25) is 0 Å². The average molecular weight is 318 g/mol. The number of thiophene rings is 1. The molecule has 0 aliphatic rings. The smallest absolute Gasteiger partial charge is 0.311 e. The number of rotatable bonds is 6. The molecule has 0 unspecified atom stereocenters. The molecule has 0 spiro atoms. The van der Waals surface area contributed by atoms with Gasteiger partial charge in [-0.05, 0) is 23.6 Å². The molecule has 7 heteroatoms. The summed E-state index contributed by atoms with van der Waals surface area (Å²) in [6.45, 7) is 1.60. The number of pyridine rings is 1. The van der Waals surface area contributed by atoms with Crippen molar-refractivity contribution in [1.82, 2.24) is 10.3 Å². The Labute approximate surface area is 123 Å². The van der Waals surface area contributed by atoms with Crippen LogP contribution in [0.3, 0.4) is 0 Å². The van der Waals surface area contributed by atoms with E-state index < -0.39 is 11.7 Å². The number of hydrogen-bond acceptors (Lipinski definition) is 4. The summed E-state index contributed by atoms with van der Waals surface area (Å²) in [6, 6.07) is 6.53. The lowest BCUT2D eigenvalue weighted by Gasteiger charge is -2.07. The van der Waals surface area contributed by atoms with Crippen LogP contribution in [0.1, 0.15) is 10.4 Å². The summed E-state index contributed by atoms with van der Waals surface area (Å²) in [5.41, 5.74) is -0.710. The number of hydrogen-bond donors (Lipinski definition) is 1. The summed E-state index contributed by atoms with van der Waals surface area (Å²) in [6.07, 6.45) is -3.44. The van der Waals surface area contributed by atoms with E-state index in [2.05, 4.69) is 16.4 Å². The summed E-state index contributed by atoms with van der Waals surface area (Å²) >= 11 is 3.13. The molecule has 0 atom stereocenters. The SMILES string of the molecule is FC(F)(F)c1ccc(SCCNCc2cccs2)nc1. The van der Waals surface area contributed by atoms with Crippen LogP contribution in [0.25, 0.3) is 0 Å². The number of nitrogens with one attached hydrogen (secondary N) is 1. The summed E-state index contributed by atoms with van der Waals surface area (Å²) in [5.74, 6) is 0.768. The van der Waals surface area contributed by atoms with Crippen LogP contribution < -0.4 is 5.32 Å². The van der Waals surface area contributed by atoms with Crippen molar-refractivity contribution in [2.24, 2.45) is 0 Å². The van der Waals surface area contributed by atoms with E-state index in [1.54, 1.807) is 11.3 Å². The van der Waals surface area contributed by atoms with Crippen molar-refractivity contribution in [2.45, 2.75) is 17.7 Å². The standard InChI is InChI=1S/C13H13F3N2S2/c14-13(15,16)10-3-4-12(18-8-10)20-7-5-17-9-11-2-1-6-19-11/h1-4,6,8,17H,5,7,9H2. The number of halogens is 3. The lowest BCUT2D eigenvalue weighted by molar-refractivity contribution is -0.137.